The highest BCUT2D eigenvalue weighted by atomic mass is 16.5. The van der Waals surface area contributed by atoms with E-state index in [4.69, 9.17) is 4.74 Å². The van der Waals surface area contributed by atoms with Crippen molar-refractivity contribution >= 4 is 24.2 Å². The number of likely N-dealkylation sites (tertiary alicyclic amines) is 1. The van der Waals surface area contributed by atoms with Crippen molar-refractivity contribution in [2.45, 2.75) is 71.1 Å². The Morgan fingerprint density at radius 2 is 1.90 bits per heavy atom. The molecule has 8 heteroatoms. The van der Waals surface area contributed by atoms with E-state index in [0.29, 0.717) is 24.9 Å². The Bertz CT molecular complexity index is 657. The Labute approximate surface area is 172 Å². The zero-order valence-corrected chi connectivity index (χ0v) is 17.8. The molecule has 0 radical (unpaired) electrons. The maximum atomic E-state index is 13.0. The van der Waals surface area contributed by atoms with Gasteiger partial charge in [-0.05, 0) is 44.9 Å². The van der Waals surface area contributed by atoms with Gasteiger partial charge in [0.25, 0.3) is 0 Å². The van der Waals surface area contributed by atoms with E-state index in [9.17, 15) is 19.2 Å². The highest BCUT2D eigenvalue weighted by Crippen LogP contribution is 2.26. The molecule has 1 saturated carbocycles. The minimum absolute atomic E-state index is 0.00153. The van der Waals surface area contributed by atoms with Gasteiger partial charge >= 0.3 is 5.97 Å². The van der Waals surface area contributed by atoms with Crippen LogP contribution >= 0.6 is 0 Å². The van der Waals surface area contributed by atoms with Crippen LogP contribution in [0.1, 0.15) is 52.9 Å². The number of esters is 1. The maximum absolute atomic E-state index is 13.0. The molecule has 0 aromatic heterocycles. The van der Waals surface area contributed by atoms with Crippen LogP contribution in [0.2, 0.25) is 0 Å². The lowest BCUT2D eigenvalue weighted by Gasteiger charge is -2.31. The van der Waals surface area contributed by atoms with Crippen LogP contribution in [0.5, 0.6) is 0 Å². The predicted molar refractivity (Wildman–Crippen MR) is 108 cm³/mol. The van der Waals surface area contributed by atoms with Crippen molar-refractivity contribution in [3.8, 4) is 0 Å². The number of rotatable bonds is 9. The van der Waals surface area contributed by atoms with Crippen LogP contribution in [0.4, 0.5) is 0 Å². The number of nitrogens with zero attached hydrogens (tertiary/aromatic N) is 2. The van der Waals surface area contributed by atoms with Gasteiger partial charge in [0.1, 0.15) is 12.1 Å². The second-order valence-electron chi connectivity index (χ2n) is 8.23. The van der Waals surface area contributed by atoms with E-state index in [0.717, 1.165) is 25.7 Å². The zero-order valence-electron chi connectivity index (χ0n) is 17.8. The van der Waals surface area contributed by atoms with E-state index >= 15 is 0 Å². The molecule has 3 amide bonds. The van der Waals surface area contributed by atoms with Crippen LogP contribution in [0.3, 0.4) is 0 Å². The van der Waals surface area contributed by atoms with Crippen LogP contribution in [0.25, 0.3) is 0 Å². The van der Waals surface area contributed by atoms with Crippen LogP contribution in [0, 0.1) is 5.92 Å². The molecule has 29 heavy (non-hydrogen) atoms. The fourth-order valence-electron chi connectivity index (χ4n) is 3.71. The second kappa shape index (κ2) is 10.4. The smallest absolute Gasteiger partial charge is 0.329 e. The van der Waals surface area contributed by atoms with E-state index < -0.39 is 6.04 Å². The van der Waals surface area contributed by atoms with Crippen LogP contribution in [-0.4, -0.2) is 72.3 Å². The van der Waals surface area contributed by atoms with Gasteiger partial charge in [-0.1, -0.05) is 19.9 Å². The van der Waals surface area contributed by atoms with Gasteiger partial charge in [-0.15, -0.1) is 0 Å². The zero-order chi connectivity index (χ0) is 21.6. The number of carbonyl (C=O) groups excluding carboxylic acids is 4. The Hall–Kier alpha value is -2.38. The van der Waals surface area contributed by atoms with Crippen molar-refractivity contribution in [2.24, 2.45) is 5.92 Å². The molecule has 0 aromatic carbocycles. The standard InChI is InChI=1S/C21H33N3O5/c1-14(2)18(23(4)19(26)12-22-13-25)11-15(3)20(27)24-10-6-9-17(24)21(28)29-16-7-5-8-16/h11,13-14,16-18H,5-10,12H2,1-4H3,(H,22,25)/b15-11+. The lowest BCUT2D eigenvalue weighted by Crippen LogP contribution is -2.45. The molecule has 2 fully saturated rings. The molecular formula is C21H33N3O5. The molecule has 0 bridgehead atoms. The van der Waals surface area contributed by atoms with Gasteiger partial charge in [0.2, 0.25) is 18.2 Å². The fourth-order valence-corrected chi connectivity index (χ4v) is 3.71. The third-order valence-corrected chi connectivity index (χ3v) is 5.74. The molecule has 162 valence electrons. The summed E-state index contributed by atoms with van der Waals surface area (Å²) >= 11 is 0. The van der Waals surface area contributed by atoms with Gasteiger partial charge in [-0.2, -0.15) is 0 Å². The number of nitrogens with one attached hydrogen (secondary N) is 1. The molecule has 2 aliphatic rings. The number of hydrogen-bond acceptors (Lipinski definition) is 5. The summed E-state index contributed by atoms with van der Waals surface area (Å²) in [4.78, 5) is 51.4. The predicted octanol–water partition coefficient (Wildman–Crippen LogP) is 1.25. The average molecular weight is 408 g/mol. The van der Waals surface area contributed by atoms with Crippen molar-refractivity contribution < 1.29 is 23.9 Å². The van der Waals surface area contributed by atoms with Gasteiger partial charge in [-0.3, -0.25) is 14.4 Å². The van der Waals surface area contributed by atoms with Crippen molar-refractivity contribution in [2.75, 3.05) is 20.1 Å². The minimum Gasteiger partial charge on any atom is -0.461 e. The molecule has 1 N–H and O–H groups in total. The topological polar surface area (TPSA) is 96.0 Å². The second-order valence-corrected chi connectivity index (χ2v) is 8.23. The van der Waals surface area contributed by atoms with Crippen LogP contribution in [-0.2, 0) is 23.9 Å². The van der Waals surface area contributed by atoms with Gasteiger partial charge < -0.3 is 19.9 Å². The molecular weight excluding hydrogens is 374 g/mol. The molecule has 2 rings (SSSR count). The highest BCUT2D eigenvalue weighted by molar-refractivity contribution is 5.96. The molecule has 8 nitrogen and oxygen atoms in total. The molecule has 1 saturated heterocycles. The Kier molecular flexibility index (Phi) is 8.22. The number of likely N-dealkylation sites (N-methyl/N-ethyl adjacent to an activating group) is 1. The molecule has 1 aliphatic heterocycles. The van der Waals surface area contributed by atoms with Crippen molar-refractivity contribution in [1.82, 2.24) is 15.1 Å². The molecule has 1 aliphatic carbocycles. The minimum atomic E-state index is -0.528. The largest absolute Gasteiger partial charge is 0.461 e. The monoisotopic (exact) mass is 407 g/mol. The summed E-state index contributed by atoms with van der Waals surface area (Å²) in [6.45, 7) is 6.07. The first kappa shape index (κ1) is 22.9. The number of carbonyl (C=O) groups is 4. The van der Waals surface area contributed by atoms with Gasteiger partial charge in [0.05, 0.1) is 12.6 Å². The molecule has 2 atom stereocenters. The number of hydrogen-bond donors (Lipinski definition) is 1. The Balaban J connectivity index is 2.07. The summed E-state index contributed by atoms with van der Waals surface area (Å²) in [5.41, 5.74) is 0.495. The third kappa shape index (κ3) is 5.81. The van der Waals surface area contributed by atoms with Crippen molar-refractivity contribution in [3.63, 3.8) is 0 Å². The Morgan fingerprint density at radius 3 is 2.45 bits per heavy atom. The number of amides is 3. The van der Waals surface area contributed by atoms with Crippen LogP contribution < -0.4 is 5.32 Å². The number of ether oxygens (including phenoxy) is 1. The summed E-state index contributed by atoms with van der Waals surface area (Å²) in [7, 11) is 1.66. The molecule has 1 heterocycles. The van der Waals surface area contributed by atoms with E-state index in [1.165, 1.54) is 4.90 Å². The quantitative estimate of drug-likeness (QED) is 0.353. The van der Waals surface area contributed by atoms with Gasteiger partial charge in [-0.25, -0.2) is 4.79 Å². The first-order chi connectivity index (χ1) is 13.8. The maximum Gasteiger partial charge on any atom is 0.329 e. The van der Waals surface area contributed by atoms with Crippen molar-refractivity contribution in [1.29, 1.82) is 0 Å². The van der Waals surface area contributed by atoms with E-state index in [2.05, 4.69) is 5.32 Å². The van der Waals surface area contributed by atoms with E-state index in [-0.39, 0.29) is 42.4 Å². The summed E-state index contributed by atoms with van der Waals surface area (Å²) < 4.78 is 5.52. The van der Waals surface area contributed by atoms with Gasteiger partial charge in [0.15, 0.2) is 0 Å². The van der Waals surface area contributed by atoms with E-state index in [1.54, 1.807) is 24.9 Å². The first-order valence-electron chi connectivity index (χ1n) is 10.4. The lowest BCUT2D eigenvalue weighted by atomic mass is 9.96. The normalized spacial score (nSPS) is 20.8. The fraction of sp³-hybridized carbons (Fsp3) is 0.714. The first-order valence-corrected chi connectivity index (χ1v) is 10.4. The summed E-state index contributed by atoms with van der Waals surface area (Å²) in [6, 6.07) is -0.831. The molecule has 0 spiro atoms. The third-order valence-electron chi connectivity index (χ3n) is 5.74. The van der Waals surface area contributed by atoms with Crippen molar-refractivity contribution in [3.05, 3.63) is 11.6 Å². The summed E-state index contributed by atoms with van der Waals surface area (Å²) in [5.74, 6) is -0.673. The summed E-state index contributed by atoms with van der Waals surface area (Å²) in [6.07, 6.45) is 6.54. The lowest BCUT2D eigenvalue weighted by molar-refractivity contribution is -0.160. The molecule has 2 unspecified atom stereocenters. The Morgan fingerprint density at radius 1 is 1.21 bits per heavy atom. The average Bonchev–Trinajstić information content (AvgIpc) is 3.15. The SMILES string of the molecule is C/C(=C\C(C(C)C)N(C)C(=O)CNC=O)C(=O)N1CCCC1C(=O)OC1CCC1. The van der Waals surface area contributed by atoms with Crippen LogP contribution in [0.15, 0.2) is 11.6 Å². The van der Waals surface area contributed by atoms with E-state index in [1.807, 2.05) is 13.8 Å². The van der Waals surface area contributed by atoms with Gasteiger partial charge in [0, 0.05) is 19.2 Å². The molecule has 0 aromatic rings. The summed E-state index contributed by atoms with van der Waals surface area (Å²) in [5, 5.41) is 2.37. The highest BCUT2D eigenvalue weighted by Gasteiger charge is 2.37.